The molecule has 1 N–H and O–H groups in total. The number of hydrogen-bond donors (Lipinski definition) is 1. The van der Waals surface area contributed by atoms with Gasteiger partial charge in [-0.1, -0.05) is 53.7 Å². The molecular weight excluding hydrogens is 372 g/mol. The van der Waals surface area contributed by atoms with Crippen LogP contribution in [0.1, 0.15) is 6.92 Å². The lowest BCUT2D eigenvalue weighted by Crippen LogP contribution is -2.49. The Kier molecular flexibility index (Phi) is 4.05. The smallest absolute Gasteiger partial charge is 0.279 e. The van der Waals surface area contributed by atoms with E-state index < -0.39 is 16.6 Å². The number of thioether (sulfide) groups is 1. The lowest BCUT2D eigenvalue weighted by Gasteiger charge is -2.18. The van der Waals surface area contributed by atoms with Crippen LogP contribution in [0.3, 0.4) is 0 Å². The number of rotatable bonds is 2. The minimum absolute atomic E-state index is 0.320. The molecular formula is C18H13ClN4O2S. The summed E-state index contributed by atoms with van der Waals surface area (Å²) in [6.07, 6.45) is 0. The largest absolute Gasteiger partial charge is 0.303 e. The van der Waals surface area contributed by atoms with Gasteiger partial charge in [-0.3, -0.25) is 9.59 Å². The summed E-state index contributed by atoms with van der Waals surface area (Å²) in [6.45, 7) is 1.67. The average Bonchev–Trinajstić information content (AvgIpc) is 3.10. The van der Waals surface area contributed by atoms with Gasteiger partial charge in [0.25, 0.3) is 11.8 Å². The normalized spacial score (nSPS) is 23.7. The molecule has 2 aromatic rings. The van der Waals surface area contributed by atoms with Crippen LogP contribution >= 0.6 is 23.4 Å². The van der Waals surface area contributed by atoms with Gasteiger partial charge in [0.2, 0.25) is 4.75 Å². The lowest BCUT2D eigenvalue weighted by atomic mass is 10.0. The van der Waals surface area contributed by atoms with Gasteiger partial charge in [0.05, 0.1) is 22.1 Å². The molecule has 26 heavy (non-hydrogen) atoms. The van der Waals surface area contributed by atoms with Crippen molar-refractivity contribution in [1.82, 2.24) is 5.32 Å². The van der Waals surface area contributed by atoms with Crippen molar-refractivity contribution in [2.45, 2.75) is 11.7 Å². The summed E-state index contributed by atoms with van der Waals surface area (Å²) in [7, 11) is 0. The summed E-state index contributed by atoms with van der Waals surface area (Å²) < 4.78 is -1.43. The summed E-state index contributed by atoms with van der Waals surface area (Å²) >= 11 is 7.18. The fourth-order valence-electron chi connectivity index (χ4n) is 2.80. The van der Waals surface area contributed by atoms with E-state index in [1.807, 2.05) is 18.2 Å². The number of aliphatic imine (C=N–C) groups is 1. The second-order valence-electron chi connectivity index (χ2n) is 5.74. The number of carbonyl (C=O) groups is 2. The number of nitrogens with one attached hydrogen (secondary N) is 1. The van der Waals surface area contributed by atoms with Crippen LogP contribution in [0.4, 0.5) is 11.4 Å². The zero-order chi connectivity index (χ0) is 18.3. The van der Waals surface area contributed by atoms with E-state index in [4.69, 9.17) is 11.6 Å². The van der Waals surface area contributed by atoms with Crippen LogP contribution in [0.5, 0.6) is 0 Å². The molecule has 130 valence electrons. The number of benzene rings is 2. The van der Waals surface area contributed by atoms with Crippen molar-refractivity contribution in [2.24, 2.45) is 10.1 Å². The Bertz CT molecular complexity index is 976. The lowest BCUT2D eigenvalue weighted by molar-refractivity contribution is -0.127. The first-order valence-electron chi connectivity index (χ1n) is 7.81. The van der Waals surface area contributed by atoms with Gasteiger partial charge in [0.1, 0.15) is 0 Å². The zero-order valence-electron chi connectivity index (χ0n) is 13.6. The molecule has 2 aliphatic rings. The van der Waals surface area contributed by atoms with E-state index >= 15 is 0 Å². The Balaban J connectivity index is 1.69. The van der Waals surface area contributed by atoms with Crippen LogP contribution in [0.2, 0.25) is 5.02 Å². The van der Waals surface area contributed by atoms with Crippen LogP contribution in [-0.2, 0) is 9.59 Å². The van der Waals surface area contributed by atoms with E-state index in [0.29, 0.717) is 27.3 Å². The minimum Gasteiger partial charge on any atom is -0.303 e. The third kappa shape index (κ3) is 2.51. The van der Waals surface area contributed by atoms with Crippen LogP contribution in [-0.4, -0.2) is 27.4 Å². The molecule has 6 nitrogen and oxygen atoms in total. The number of hydrogen-bond acceptors (Lipinski definition) is 5. The van der Waals surface area contributed by atoms with Crippen LogP contribution in [0.25, 0.3) is 0 Å². The number of amidine groups is 1. The van der Waals surface area contributed by atoms with E-state index in [-0.39, 0.29) is 0 Å². The summed E-state index contributed by atoms with van der Waals surface area (Å²) in [5.41, 5.74) is 1.55. The third-order valence-corrected chi connectivity index (χ3v) is 5.79. The fourth-order valence-corrected chi connectivity index (χ4v) is 4.06. The molecule has 1 atom stereocenters. The highest BCUT2D eigenvalue weighted by molar-refractivity contribution is 8.17. The molecule has 2 aromatic carbocycles. The fraction of sp³-hybridized carbons (Fsp3) is 0.111. The predicted molar refractivity (Wildman–Crippen MR) is 104 cm³/mol. The second-order valence-corrected chi connectivity index (χ2v) is 7.35. The first-order chi connectivity index (χ1) is 12.5. The molecule has 2 amide bonds. The Hall–Kier alpha value is -2.64. The molecule has 0 saturated carbocycles. The molecule has 1 saturated heterocycles. The van der Waals surface area contributed by atoms with Crippen molar-refractivity contribution < 1.29 is 9.59 Å². The molecule has 1 unspecified atom stereocenters. The molecule has 8 heteroatoms. The molecule has 0 radical (unpaired) electrons. The second kappa shape index (κ2) is 6.26. The summed E-state index contributed by atoms with van der Waals surface area (Å²) in [6, 6.07) is 16.0. The van der Waals surface area contributed by atoms with Crippen LogP contribution < -0.4 is 10.3 Å². The molecule has 0 aromatic heterocycles. The number of halogens is 1. The van der Waals surface area contributed by atoms with Crippen molar-refractivity contribution in [2.75, 3.05) is 5.01 Å². The number of nitrogens with zero attached hydrogens (tertiary/aromatic N) is 3. The van der Waals surface area contributed by atoms with E-state index in [2.05, 4.69) is 15.4 Å². The highest BCUT2D eigenvalue weighted by atomic mass is 35.5. The molecule has 1 spiro atoms. The van der Waals surface area contributed by atoms with Crippen LogP contribution in [0, 0.1) is 0 Å². The van der Waals surface area contributed by atoms with Crippen molar-refractivity contribution in [3.05, 3.63) is 59.6 Å². The highest BCUT2D eigenvalue weighted by Crippen LogP contribution is 2.41. The van der Waals surface area contributed by atoms with Gasteiger partial charge < -0.3 is 5.32 Å². The third-order valence-electron chi connectivity index (χ3n) is 4.12. The molecule has 1 fully saturated rings. The van der Waals surface area contributed by atoms with Crippen molar-refractivity contribution >= 4 is 57.4 Å². The Morgan fingerprint density at radius 2 is 1.81 bits per heavy atom. The van der Waals surface area contributed by atoms with Crippen molar-refractivity contribution in [3.63, 3.8) is 0 Å². The van der Waals surface area contributed by atoms with Gasteiger partial charge in [-0.15, -0.1) is 0 Å². The first-order valence-corrected chi connectivity index (χ1v) is 9.01. The van der Waals surface area contributed by atoms with Gasteiger partial charge in [-0.25, -0.2) is 4.99 Å². The number of amides is 2. The summed E-state index contributed by atoms with van der Waals surface area (Å²) in [5.74, 6) is -0.856. The first kappa shape index (κ1) is 16.8. The topological polar surface area (TPSA) is 74.1 Å². The monoisotopic (exact) mass is 384 g/mol. The predicted octanol–water partition coefficient (Wildman–Crippen LogP) is 3.35. The van der Waals surface area contributed by atoms with Gasteiger partial charge in [0, 0.05) is 0 Å². The molecule has 0 bridgehead atoms. The Morgan fingerprint density at radius 1 is 1.12 bits per heavy atom. The maximum atomic E-state index is 13.1. The van der Waals surface area contributed by atoms with Crippen LogP contribution in [0.15, 0.2) is 64.7 Å². The standard InChI is InChI=1S/C18H13ClN4O2S/c1-11-18(16(25)23(22-11)12-7-3-2-4-8-12)15(24)21-17(26-18)20-14-10-6-5-9-13(14)19/h2-10H,1H3,(H,20,21,24). The SMILES string of the molecule is CC1=NN(c2ccccc2)C(=O)C12SC(=Nc1ccccc1Cl)NC2=O. The van der Waals surface area contributed by atoms with E-state index in [9.17, 15) is 9.59 Å². The van der Waals surface area contributed by atoms with E-state index in [1.54, 1.807) is 43.3 Å². The number of hydrazone groups is 1. The Morgan fingerprint density at radius 3 is 2.54 bits per heavy atom. The molecule has 2 aliphatic heterocycles. The zero-order valence-corrected chi connectivity index (χ0v) is 15.2. The minimum atomic E-state index is -1.43. The van der Waals surface area contributed by atoms with Crippen molar-refractivity contribution in [3.8, 4) is 0 Å². The highest BCUT2D eigenvalue weighted by Gasteiger charge is 2.61. The average molecular weight is 385 g/mol. The molecule has 0 aliphatic carbocycles. The molecule has 2 heterocycles. The number of para-hydroxylation sites is 2. The maximum Gasteiger partial charge on any atom is 0.279 e. The van der Waals surface area contributed by atoms with Gasteiger partial charge in [0.15, 0.2) is 5.17 Å². The maximum absolute atomic E-state index is 13.1. The van der Waals surface area contributed by atoms with Gasteiger partial charge in [-0.05, 0) is 31.2 Å². The Labute approximate surface area is 158 Å². The van der Waals surface area contributed by atoms with Gasteiger partial charge >= 0.3 is 0 Å². The van der Waals surface area contributed by atoms with E-state index in [0.717, 1.165) is 11.8 Å². The summed E-state index contributed by atoms with van der Waals surface area (Å²) in [4.78, 5) is 30.2. The quantitative estimate of drug-likeness (QED) is 0.807. The molecule has 4 rings (SSSR count). The summed E-state index contributed by atoms with van der Waals surface area (Å²) in [5, 5.41) is 9.05. The van der Waals surface area contributed by atoms with E-state index in [1.165, 1.54) is 5.01 Å². The van der Waals surface area contributed by atoms with Crippen molar-refractivity contribution in [1.29, 1.82) is 0 Å². The van der Waals surface area contributed by atoms with Gasteiger partial charge in [-0.2, -0.15) is 10.1 Å². The number of anilines is 1. The number of carbonyl (C=O) groups excluding carboxylic acids is 2.